The van der Waals surface area contributed by atoms with E-state index in [9.17, 15) is 4.79 Å². The molecule has 0 saturated carbocycles. The van der Waals surface area contributed by atoms with Gasteiger partial charge in [-0.05, 0) is 36.2 Å². The summed E-state index contributed by atoms with van der Waals surface area (Å²) in [5.74, 6) is 0.441. The van der Waals surface area contributed by atoms with E-state index in [2.05, 4.69) is 34.3 Å². The third-order valence-corrected chi connectivity index (χ3v) is 4.47. The van der Waals surface area contributed by atoms with Gasteiger partial charge in [-0.3, -0.25) is 10.1 Å². The maximum atomic E-state index is 12.5. The summed E-state index contributed by atoms with van der Waals surface area (Å²) < 4.78 is 1.08. The summed E-state index contributed by atoms with van der Waals surface area (Å²) in [4.78, 5) is 23.1. The van der Waals surface area contributed by atoms with Gasteiger partial charge >= 0.3 is 0 Å². The molecule has 3 aromatic rings. The van der Waals surface area contributed by atoms with Crippen molar-refractivity contribution < 1.29 is 4.79 Å². The minimum atomic E-state index is -0.198. The smallest absolute Gasteiger partial charge is 0.261 e. The summed E-state index contributed by atoms with van der Waals surface area (Å²) in [6.07, 6.45) is 2.66. The first-order valence-corrected chi connectivity index (χ1v) is 8.23. The number of benzene rings is 1. The summed E-state index contributed by atoms with van der Waals surface area (Å²) in [5.41, 5.74) is 2.70. The monoisotopic (exact) mass is 326 g/mol. The van der Waals surface area contributed by atoms with Crippen LogP contribution >= 0.6 is 11.3 Å². The Balaban J connectivity index is 1.88. The number of fused-ring (bicyclic) bond motifs is 1. The number of anilines is 2. The fraction of sp³-hybridized carbons (Fsp3) is 0.235. The molecule has 2 heterocycles. The van der Waals surface area contributed by atoms with Gasteiger partial charge in [0.15, 0.2) is 5.13 Å². The van der Waals surface area contributed by atoms with Gasteiger partial charge < -0.3 is 4.90 Å². The second-order valence-electron chi connectivity index (χ2n) is 5.40. The van der Waals surface area contributed by atoms with Crippen molar-refractivity contribution in [2.45, 2.75) is 13.3 Å². The van der Waals surface area contributed by atoms with Gasteiger partial charge in [0.25, 0.3) is 5.91 Å². The van der Waals surface area contributed by atoms with E-state index in [-0.39, 0.29) is 5.91 Å². The molecule has 3 rings (SSSR count). The lowest BCUT2D eigenvalue weighted by Gasteiger charge is -2.14. The Morgan fingerprint density at radius 3 is 2.87 bits per heavy atom. The van der Waals surface area contributed by atoms with Crippen LogP contribution in [0.5, 0.6) is 0 Å². The van der Waals surface area contributed by atoms with Crippen LogP contribution in [0.15, 0.2) is 36.5 Å². The highest BCUT2D eigenvalue weighted by Gasteiger charge is 2.15. The predicted molar refractivity (Wildman–Crippen MR) is 95.5 cm³/mol. The van der Waals surface area contributed by atoms with Gasteiger partial charge in [0.1, 0.15) is 5.82 Å². The molecule has 0 fully saturated rings. The van der Waals surface area contributed by atoms with E-state index in [1.807, 2.05) is 25.1 Å². The van der Waals surface area contributed by atoms with Crippen molar-refractivity contribution in [3.63, 3.8) is 0 Å². The maximum absolute atomic E-state index is 12.5. The van der Waals surface area contributed by atoms with Crippen LogP contribution in [-0.4, -0.2) is 30.0 Å². The molecule has 0 aliphatic rings. The minimum Gasteiger partial charge on any atom is -0.362 e. The van der Waals surface area contributed by atoms with E-state index >= 15 is 0 Å². The molecule has 5 nitrogen and oxygen atoms in total. The highest BCUT2D eigenvalue weighted by molar-refractivity contribution is 7.22. The fourth-order valence-corrected chi connectivity index (χ4v) is 3.26. The van der Waals surface area contributed by atoms with Gasteiger partial charge in [0.2, 0.25) is 0 Å². The number of pyridine rings is 1. The highest BCUT2D eigenvalue weighted by Crippen LogP contribution is 2.28. The number of carbonyl (C=O) groups is 1. The molecule has 0 bridgehead atoms. The zero-order valence-corrected chi connectivity index (χ0v) is 14.1. The van der Waals surface area contributed by atoms with E-state index in [0.29, 0.717) is 16.5 Å². The number of thiazole rings is 1. The average molecular weight is 326 g/mol. The summed E-state index contributed by atoms with van der Waals surface area (Å²) in [6, 6.07) is 9.71. The number of hydrogen-bond donors (Lipinski definition) is 1. The van der Waals surface area contributed by atoms with Crippen molar-refractivity contribution in [1.29, 1.82) is 0 Å². The zero-order chi connectivity index (χ0) is 16.4. The Labute approximate surface area is 139 Å². The number of nitrogens with one attached hydrogen (secondary N) is 1. The topological polar surface area (TPSA) is 58.1 Å². The Kier molecular flexibility index (Phi) is 4.25. The molecule has 0 aliphatic heterocycles. The lowest BCUT2D eigenvalue weighted by Crippen LogP contribution is -2.19. The molecule has 0 unspecified atom stereocenters. The fourth-order valence-electron chi connectivity index (χ4n) is 2.34. The molecule has 2 aromatic heterocycles. The van der Waals surface area contributed by atoms with Crippen molar-refractivity contribution in [1.82, 2.24) is 9.97 Å². The van der Waals surface area contributed by atoms with E-state index in [4.69, 9.17) is 0 Å². The first-order valence-electron chi connectivity index (χ1n) is 7.41. The van der Waals surface area contributed by atoms with Crippen LogP contribution < -0.4 is 10.2 Å². The molecule has 0 saturated heterocycles. The molecule has 0 spiro atoms. The first kappa shape index (κ1) is 15.4. The number of nitrogens with zero attached hydrogens (tertiary/aromatic N) is 3. The second-order valence-corrected chi connectivity index (χ2v) is 6.43. The van der Waals surface area contributed by atoms with Crippen LogP contribution in [0.1, 0.15) is 22.8 Å². The molecular formula is C17H18N4OS. The van der Waals surface area contributed by atoms with Crippen LogP contribution in [-0.2, 0) is 6.42 Å². The van der Waals surface area contributed by atoms with Crippen LogP contribution in [0.25, 0.3) is 10.2 Å². The van der Waals surface area contributed by atoms with E-state index < -0.39 is 0 Å². The SMILES string of the molecule is CCc1ccc2nc(NC(=O)c3cccnc3N(C)C)sc2c1. The number of amides is 1. The molecule has 1 aromatic carbocycles. The normalized spacial score (nSPS) is 10.7. The molecule has 1 N–H and O–H groups in total. The van der Waals surface area contributed by atoms with Crippen molar-refractivity contribution in [3.05, 3.63) is 47.7 Å². The zero-order valence-electron chi connectivity index (χ0n) is 13.3. The summed E-state index contributed by atoms with van der Waals surface area (Å²) >= 11 is 1.49. The average Bonchev–Trinajstić information content (AvgIpc) is 2.95. The number of hydrogen-bond acceptors (Lipinski definition) is 5. The van der Waals surface area contributed by atoms with Gasteiger partial charge in [-0.1, -0.05) is 24.3 Å². The number of aryl methyl sites for hydroxylation is 1. The van der Waals surface area contributed by atoms with E-state index in [0.717, 1.165) is 16.6 Å². The number of carbonyl (C=O) groups excluding carboxylic acids is 1. The lowest BCUT2D eigenvalue weighted by molar-refractivity contribution is 0.102. The molecule has 0 atom stereocenters. The lowest BCUT2D eigenvalue weighted by atomic mass is 10.2. The third kappa shape index (κ3) is 3.17. The highest BCUT2D eigenvalue weighted by atomic mass is 32.1. The number of rotatable bonds is 4. The summed E-state index contributed by atoms with van der Waals surface area (Å²) in [5, 5.41) is 3.49. The van der Waals surface area contributed by atoms with Crippen molar-refractivity contribution in [2.75, 3.05) is 24.3 Å². The van der Waals surface area contributed by atoms with Crippen molar-refractivity contribution in [3.8, 4) is 0 Å². The largest absolute Gasteiger partial charge is 0.362 e. The molecule has 23 heavy (non-hydrogen) atoms. The second kappa shape index (κ2) is 6.34. The van der Waals surface area contributed by atoms with Crippen molar-refractivity contribution in [2.24, 2.45) is 0 Å². The molecule has 6 heteroatoms. The van der Waals surface area contributed by atoms with Gasteiger partial charge in [-0.2, -0.15) is 0 Å². The summed E-state index contributed by atoms with van der Waals surface area (Å²) in [6.45, 7) is 2.12. The van der Waals surface area contributed by atoms with Gasteiger partial charge in [0.05, 0.1) is 15.8 Å². The Morgan fingerprint density at radius 1 is 1.30 bits per heavy atom. The van der Waals surface area contributed by atoms with Crippen LogP contribution in [0, 0.1) is 0 Å². The number of aromatic nitrogens is 2. The molecule has 0 radical (unpaired) electrons. The Hall–Kier alpha value is -2.47. The Bertz CT molecular complexity index is 857. The van der Waals surface area contributed by atoms with Gasteiger partial charge in [0, 0.05) is 20.3 Å². The van der Waals surface area contributed by atoms with E-state index in [1.54, 1.807) is 18.3 Å². The standard InChI is InChI=1S/C17H18N4OS/c1-4-11-7-8-13-14(10-11)23-17(19-13)20-16(22)12-6-5-9-18-15(12)21(2)3/h5-10H,4H2,1-3H3,(H,19,20,22). The molecular weight excluding hydrogens is 308 g/mol. The molecule has 0 aliphatic carbocycles. The summed E-state index contributed by atoms with van der Waals surface area (Å²) in [7, 11) is 3.73. The maximum Gasteiger partial charge on any atom is 0.261 e. The van der Waals surface area contributed by atoms with Gasteiger partial charge in [-0.15, -0.1) is 0 Å². The minimum absolute atomic E-state index is 0.198. The van der Waals surface area contributed by atoms with E-state index in [1.165, 1.54) is 16.9 Å². The quantitative estimate of drug-likeness (QED) is 0.796. The first-order chi connectivity index (χ1) is 11.1. The van der Waals surface area contributed by atoms with Crippen molar-refractivity contribution >= 4 is 38.4 Å². The predicted octanol–water partition coefficient (Wildman–Crippen LogP) is 3.57. The van der Waals surface area contributed by atoms with Crippen LogP contribution in [0.4, 0.5) is 10.9 Å². The molecule has 118 valence electrons. The van der Waals surface area contributed by atoms with Crippen LogP contribution in [0.2, 0.25) is 0 Å². The molecule has 1 amide bonds. The Morgan fingerprint density at radius 2 is 2.13 bits per heavy atom. The third-order valence-electron chi connectivity index (χ3n) is 3.54. The van der Waals surface area contributed by atoms with Crippen LogP contribution in [0.3, 0.4) is 0 Å². The van der Waals surface area contributed by atoms with Gasteiger partial charge in [-0.25, -0.2) is 9.97 Å².